The van der Waals surface area contributed by atoms with Crippen molar-refractivity contribution in [3.05, 3.63) is 0 Å². The average Bonchev–Trinajstić information content (AvgIpc) is 2.26. The van der Waals surface area contributed by atoms with Crippen LogP contribution in [0.25, 0.3) is 0 Å². The van der Waals surface area contributed by atoms with Gasteiger partial charge in [-0.2, -0.15) is 0 Å². The number of likely N-dealkylation sites (N-methyl/N-ethyl adjacent to an activating group) is 1. The van der Waals surface area contributed by atoms with E-state index in [0.29, 0.717) is 6.04 Å². The van der Waals surface area contributed by atoms with E-state index in [4.69, 9.17) is 11.6 Å². The van der Waals surface area contributed by atoms with Gasteiger partial charge in [0.25, 0.3) is 0 Å². The van der Waals surface area contributed by atoms with Crippen molar-refractivity contribution in [3.8, 4) is 0 Å². The SMILES string of the molecule is CC(C)N(C[C@@H]1CCCCN1C)C(=O)CCl. The molecule has 0 bridgehead atoms. The number of piperidine rings is 1. The van der Waals surface area contributed by atoms with Crippen LogP contribution in [-0.4, -0.2) is 53.8 Å². The summed E-state index contributed by atoms with van der Waals surface area (Å²) in [5, 5.41) is 0. The van der Waals surface area contributed by atoms with Gasteiger partial charge in [-0.3, -0.25) is 4.79 Å². The van der Waals surface area contributed by atoms with Gasteiger partial charge in [0, 0.05) is 18.6 Å². The third kappa shape index (κ3) is 3.63. The first kappa shape index (κ1) is 13.8. The Morgan fingerprint density at radius 3 is 2.69 bits per heavy atom. The van der Waals surface area contributed by atoms with Crippen LogP contribution in [0.1, 0.15) is 33.1 Å². The van der Waals surface area contributed by atoms with Crippen molar-refractivity contribution >= 4 is 17.5 Å². The Morgan fingerprint density at radius 2 is 2.19 bits per heavy atom. The monoisotopic (exact) mass is 246 g/mol. The normalized spacial score (nSPS) is 22.4. The lowest BCUT2D eigenvalue weighted by Gasteiger charge is -2.37. The van der Waals surface area contributed by atoms with Crippen LogP contribution in [0.4, 0.5) is 0 Å². The van der Waals surface area contributed by atoms with Crippen LogP contribution in [0.2, 0.25) is 0 Å². The van der Waals surface area contributed by atoms with Crippen LogP contribution >= 0.6 is 11.6 Å². The number of carbonyl (C=O) groups excluding carboxylic acids is 1. The van der Waals surface area contributed by atoms with Gasteiger partial charge in [-0.25, -0.2) is 0 Å². The Morgan fingerprint density at radius 1 is 1.50 bits per heavy atom. The van der Waals surface area contributed by atoms with Crippen molar-refractivity contribution in [3.63, 3.8) is 0 Å². The molecule has 0 saturated carbocycles. The molecule has 1 aliphatic rings. The summed E-state index contributed by atoms with van der Waals surface area (Å²) in [7, 11) is 2.15. The molecule has 1 rings (SSSR count). The number of carbonyl (C=O) groups is 1. The lowest BCUT2D eigenvalue weighted by atomic mass is 10.0. The highest BCUT2D eigenvalue weighted by atomic mass is 35.5. The van der Waals surface area contributed by atoms with E-state index < -0.39 is 0 Å². The van der Waals surface area contributed by atoms with E-state index in [1.54, 1.807) is 0 Å². The van der Waals surface area contributed by atoms with Crippen LogP contribution in [0.3, 0.4) is 0 Å². The molecule has 1 amide bonds. The van der Waals surface area contributed by atoms with Gasteiger partial charge in [0.05, 0.1) is 0 Å². The molecule has 0 radical (unpaired) electrons. The van der Waals surface area contributed by atoms with Crippen molar-refractivity contribution in [2.45, 2.75) is 45.2 Å². The van der Waals surface area contributed by atoms with E-state index in [1.165, 1.54) is 19.3 Å². The first-order valence-corrected chi connectivity index (χ1v) is 6.65. The summed E-state index contributed by atoms with van der Waals surface area (Å²) in [4.78, 5) is 16.0. The summed E-state index contributed by atoms with van der Waals surface area (Å²) < 4.78 is 0. The zero-order valence-corrected chi connectivity index (χ0v) is 11.3. The second kappa shape index (κ2) is 6.45. The maximum atomic E-state index is 11.7. The summed E-state index contributed by atoms with van der Waals surface area (Å²) in [5.41, 5.74) is 0. The Hall–Kier alpha value is -0.280. The summed E-state index contributed by atoms with van der Waals surface area (Å²) in [6.45, 7) is 6.06. The van der Waals surface area contributed by atoms with Crippen molar-refractivity contribution in [1.29, 1.82) is 0 Å². The Labute approximate surface area is 104 Å². The van der Waals surface area contributed by atoms with E-state index in [9.17, 15) is 4.79 Å². The molecule has 1 saturated heterocycles. The fraction of sp³-hybridized carbons (Fsp3) is 0.917. The van der Waals surface area contributed by atoms with Gasteiger partial charge in [-0.15, -0.1) is 11.6 Å². The molecule has 16 heavy (non-hydrogen) atoms. The van der Waals surface area contributed by atoms with Crippen LogP contribution in [0, 0.1) is 0 Å². The van der Waals surface area contributed by atoms with Gasteiger partial charge in [0.15, 0.2) is 0 Å². The molecule has 1 aliphatic heterocycles. The maximum absolute atomic E-state index is 11.7. The number of alkyl halides is 1. The smallest absolute Gasteiger partial charge is 0.237 e. The van der Waals surface area contributed by atoms with E-state index in [-0.39, 0.29) is 17.8 Å². The molecular formula is C12H23ClN2O. The molecule has 1 fully saturated rings. The highest BCUT2D eigenvalue weighted by molar-refractivity contribution is 6.27. The molecular weight excluding hydrogens is 224 g/mol. The van der Waals surface area contributed by atoms with Gasteiger partial charge in [0.2, 0.25) is 5.91 Å². The number of hydrogen-bond acceptors (Lipinski definition) is 2. The van der Waals surface area contributed by atoms with Gasteiger partial charge < -0.3 is 9.80 Å². The number of halogens is 1. The van der Waals surface area contributed by atoms with Crippen molar-refractivity contribution in [2.75, 3.05) is 26.0 Å². The number of rotatable bonds is 4. The highest BCUT2D eigenvalue weighted by Crippen LogP contribution is 2.17. The summed E-state index contributed by atoms with van der Waals surface area (Å²) >= 11 is 5.64. The molecule has 0 N–H and O–H groups in total. The standard InChI is InChI=1S/C12H23ClN2O/c1-10(2)15(12(16)8-13)9-11-6-4-5-7-14(11)3/h10-11H,4-9H2,1-3H3/t11-/m0/s1. The second-order valence-electron chi connectivity index (χ2n) is 4.90. The third-order valence-electron chi connectivity index (χ3n) is 3.39. The quantitative estimate of drug-likeness (QED) is 0.708. The van der Waals surface area contributed by atoms with Gasteiger partial charge >= 0.3 is 0 Å². The average molecular weight is 247 g/mol. The van der Waals surface area contributed by atoms with Crippen molar-refractivity contribution < 1.29 is 4.79 Å². The lowest BCUT2D eigenvalue weighted by molar-refractivity contribution is -0.131. The molecule has 0 aromatic heterocycles. The van der Waals surface area contributed by atoms with E-state index in [0.717, 1.165) is 13.1 Å². The summed E-state index contributed by atoms with van der Waals surface area (Å²) in [6.07, 6.45) is 3.74. The predicted molar refractivity (Wildman–Crippen MR) is 67.8 cm³/mol. The number of nitrogens with zero attached hydrogens (tertiary/aromatic N) is 2. The first-order chi connectivity index (χ1) is 7.56. The fourth-order valence-corrected chi connectivity index (χ4v) is 2.43. The molecule has 0 spiro atoms. The van der Waals surface area contributed by atoms with Crippen LogP contribution in [0.5, 0.6) is 0 Å². The second-order valence-corrected chi connectivity index (χ2v) is 5.17. The number of amides is 1. The topological polar surface area (TPSA) is 23.6 Å². The largest absolute Gasteiger partial charge is 0.338 e. The highest BCUT2D eigenvalue weighted by Gasteiger charge is 2.25. The minimum absolute atomic E-state index is 0.0515. The number of hydrogen-bond donors (Lipinski definition) is 0. The maximum Gasteiger partial charge on any atom is 0.237 e. The zero-order chi connectivity index (χ0) is 12.1. The summed E-state index contributed by atoms with van der Waals surface area (Å²) in [6, 6.07) is 0.741. The number of likely N-dealkylation sites (tertiary alicyclic amines) is 1. The molecule has 1 atom stereocenters. The predicted octanol–water partition coefficient (Wildman–Crippen LogP) is 1.95. The molecule has 0 aromatic carbocycles. The Bertz CT molecular complexity index is 233. The first-order valence-electron chi connectivity index (χ1n) is 6.12. The van der Waals surface area contributed by atoms with Crippen molar-refractivity contribution in [1.82, 2.24) is 9.80 Å². The molecule has 1 heterocycles. The lowest BCUT2D eigenvalue weighted by Crippen LogP contribution is -2.49. The third-order valence-corrected chi connectivity index (χ3v) is 3.62. The molecule has 0 aromatic rings. The minimum Gasteiger partial charge on any atom is -0.338 e. The van der Waals surface area contributed by atoms with Crippen LogP contribution < -0.4 is 0 Å². The molecule has 3 nitrogen and oxygen atoms in total. The van der Waals surface area contributed by atoms with Gasteiger partial charge in [-0.1, -0.05) is 6.42 Å². The van der Waals surface area contributed by atoms with Crippen LogP contribution in [-0.2, 0) is 4.79 Å². The zero-order valence-electron chi connectivity index (χ0n) is 10.6. The Kier molecular flexibility index (Phi) is 5.56. The van der Waals surface area contributed by atoms with Gasteiger partial charge in [-0.05, 0) is 40.3 Å². The minimum atomic E-state index is 0.0515. The molecule has 4 heteroatoms. The summed E-state index contributed by atoms with van der Waals surface area (Å²) in [5.74, 6) is 0.143. The van der Waals surface area contributed by atoms with Gasteiger partial charge in [0.1, 0.15) is 5.88 Å². The molecule has 94 valence electrons. The fourth-order valence-electron chi connectivity index (χ4n) is 2.28. The molecule has 0 aliphatic carbocycles. The van der Waals surface area contributed by atoms with Crippen LogP contribution in [0.15, 0.2) is 0 Å². The van der Waals surface area contributed by atoms with E-state index >= 15 is 0 Å². The Balaban J connectivity index is 2.56. The van der Waals surface area contributed by atoms with E-state index in [1.807, 2.05) is 18.7 Å². The van der Waals surface area contributed by atoms with E-state index in [2.05, 4.69) is 11.9 Å². The van der Waals surface area contributed by atoms with Crippen molar-refractivity contribution in [2.24, 2.45) is 0 Å². The molecule has 0 unspecified atom stereocenters.